The number of hydrogen-bond acceptors (Lipinski definition) is 5. The summed E-state index contributed by atoms with van der Waals surface area (Å²) in [5, 5.41) is 6.85. The molecule has 1 aromatic heterocycles. The fraction of sp³-hybridized carbons (Fsp3) is 0.412. The number of carbonyl (C=O) groups excluding carboxylic acids is 1. The fourth-order valence-corrected chi connectivity index (χ4v) is 2.83. The molecule has 0 unspecified atom stereocenters. The van der Waals surface area contributed by atoms with Crippen LogP contribution in [0.2, 0.25) is 0 Å². The number of ether oxygens (including phenoxy) is 1. The van der Waals surface area contributed by atoms with Crippen LogP contribution in [0.5, 0.6) is 5.75 Å². The van der Waals surface area contributed by atoms with E-state index in [0.29, 0.717) is 5.75 Å². The van der Waals surface area contributed by atoms with Crippen LogP contribution in [0, 0.1) is 13.8 Å². The molecule has 23 heavy (non-hydrogen) atoms. The van der Waals surface area contributed by atoms with Gasteiger partial charge in [-0.2, -0.15) is 0 Å². The fourth-order valence-electron chi connectivity index (χ4n) is 2.42. The van der Waals surface area contributed by atoms with Crippen molar-refractivity contribution in [3.63, 3.8) is 0 Å². The lowest BCUT2D eigenvalue weighted by Gasteiger charge is -2.19. The number of thioether (sulfide) groups is 1. The molecule has 0 saturated carbocycles. The van der Waals surface area contributed by atoms with Gasteiger partial charge in [-0.1, -0.05) is 5.16 Å². The van der Waals surface area contributed by atoms with Crippen LogP contribution in [0.3, 0.4) is 0 Å². The number of nitrogens with one attached hydrogen (secondary N) is 1. The van der Waals surface area contributed by atoms with Crippen LogP contribution < -0.4 is 10.1 Å². The minimum absolute atomic E-state index is 0.175. The van der Waals surface area contributed by atoms with E-state index < -0.39 is 6.10 Å². The molecule has 1 amide bonds. The van der Waals surface area contributed by atoms with Crippen LogP contribution in [0.1, 0.15) is 36.9 Å². The quantitative estimate of drug-likeness (QED) is 0.817. The number of benzene rings is 1. The Bertz CT molecular complexity index is 647. The lowest BCUT2D eigenvalue weighted by molar-refractivity contribution is -0.127. The Morgan fingerprint density at radius 1 is 1.26 bits per heavy atom. The molecule has 0 spiro atoms. The molecule has 0 saturated heterocycles. The van der Waals surface area contributed by atoms with Crippen molar-refractivity contribution in [3.05, 3.63) is 41.3 Å². The number of aryl methyl sites for hydroxylation is 2. The van der Waals surface area contributed by atoms with E-state index >= 15 is 0 Å². The molecule has 0 aliphatic rings. The number of amides is 1. The molecular weight excluding hydrogens is 312 g/mol. The van der Waals surface area contributed by atoms with Gasteiger partial charge in [0.15, 0.2) is 6.10 Å². The van der Waals surface area contributed by atoms with Gasteiger partial charge in [0.2, 0.25) is 0 Å². The van der Waals surface area contributed by atoms with E-state index in [1.54, 1.807) is 18.7 Å². The summed E-state index contributed by atoms with van der Waals surface area (Å²) in [6.45, 7) is 7.34. The van der Waals surface area contributed by atoms with Crippen molar-refractivity contribution in [3.8, 4) is 5.75 Å². The van der Waals surface area contributed by atoms with E-state index in [2.05, 4.69) is 10.5 Å². The van der Waals surface area contributed by atoms with Crippen molar-refractivity contribution in [2.75, 3.05) is 6.26 Å². The molecule has 5 nitrogen and oxygen atoms in total. The van der Waals surface area contributed by atoms with Crippen LogP contribution >= 0.6 is 11.8 Å². The first-order chi connectivity index (χ1) is 10.9. The third-order valence-corrected chi connectivity index (χ3v) is 4.37. The van der Waals surface area contributed by atoms with Gasteiger partial charge >= 0.3 is 0 Å². The highest BCUT2D eigenvalue weighted by Gasteiger charge is 2.22. The van der Waals surface area contributed by atoms with E-state index in [4.69, 9.17) is 9.26 Å². The average molecular weight is 334 g/mol. The smallest absolute Gasteiger partial charge is 0.261 e. The summed E-state index contributed by atoms with van der Waals surface area (Å²) in [4.78, 5) is 13.5. The number of rotatable bonds is 6. The number of aromatic nitrogens is 1. The topological polar surface area (TPSA) is 64.4 Å². The molecule has 0 radical (unpaired) electrons. The summed E-state index contributed by atoms with van der Waals surface area (Å²) in [6.07, 6.45) is 1.43. The van der Waals surface area contributed by atoms with E-state index in [1.165, 1.54) is 0 Å². The molecule has 0 aliphatic heterocycles. The highest BCUT2D eigenvalue weighted by atomic mass is 32.2. The predicted molar refractivity (Wildman–Crippen MR) is 90.8 cm³/mol. The summed E-state index contributed by atoms with van der Waals surface area (Å²) in [6, 6.07) is 7.49. The zero-order valence-corrected chi connectivity index (χ0v) is 14.9. The van der Waals surface area contributed by atoms with Gasteiger partial charge in [0.25, 0.3) is 5.91 Å². The Morgan fingerprint density at radius 2 is 1.91 bits per heavy atom. The monoisotopic (exact) mass is 334 g/mol. The average Bonchev–Trinajstić information content (AvgIpc) is 2.86. The molecule has 2 aromatic rings. The second kappa shape index (κ2) is 7.55. The van der Waals surface area contributed by atoms with Gasteiger partial charge < -0.3 is 14.6 Å². The third kappa shape index (κ3) is 4.28. The SMILES string of the molecule is CSc1ccc(O[C@H](C)C(=O)N[C@H](C)c2c(C)noc2C)cc1. The van der Waals surface area contributed by atoms with Crippen LogP contribution in [-0.4, -0.2) is 23.4 Å². The van der Waals surface area contributed by atoms with Crippen LogP contribution in [0.4, 0.5) is 0 Å². The Labute approximate surface area is 140 Å². The maximum Gasteiger partial charge on any atom is 0.261 e. The second-order valence-electron chi connectivity index (χ2n) is 5.40. The van der Waals surface area contributed by atoms with Crippen molar-refractivity contribution >= 4 is 17.7 Å². The molecule has 1 aromatic carbocycles. The highest BCUT2D eigenvalue weighted by Crippen LogP contribution is 2.22. The number of carbonyl (C=O) groups is 1. The number of nitrogens with zero attached hydrogens (tertiary/aromatic N) is 1. The molecule has 2 atom stereocenters. The first kappa shape index (κ1) is 17.4. The van der Waals surface area contributed by atoms with Crippen LogP contribution in [0.15, 0.2) is 33.7 Å². The summed E-state index contributed by atoms with van der Waals surface area (Å²) >= 11 is 1.66. The standard InChI is InChI=1S/C17H22N2O3S/c1-10(16-11(2)19-22-12(16)3)18-17(20)13(4)21-14-6-8-15(23-5)9-7-14/h6-10,13H,1-5H3,(H,18,20)/t10-,13-/m1/s1. The van der Waals surface area contributed by atoms with Gasteiger partial charge in [0, 0.05) is 10.5 Å². The lowest BCUT2D eigenvalue weighted by Crippen LogP contribution is -2.38. The zero-order chi connectivity index (χ0) is 17.0. The molecule has 6 heteroatoms. The zero-order valence-electron chi connectivity index (χ0n) is 14.0. The molecule has 0 bridgehead atoms. The molecule has 0 aliphatic carbocycles. The first-order valence-electron chi connectivity index (χ1n) is 7.46. The third-order valence-electron chi connectivity index (χ3n) is 3.62. The summed E-state index contributed by atoms with van der Waals surface area (Å²) in [5.41, 5.74) is 1.70. The van der Waals surface area contributed by atoms with Crippen molar-refractivity contribution in [1.82, 2.24) is 10.5 Å². The van der Waals surface area contributed by atoms with E-state index in [9.17, 15) is 4.79 Å². The maximum absolute atomic E-state index is 12.3. The van der Waals surface area contributed by atoms with Gasteiger partial charge in [-0.15, -0.1) is 11.8 Å². The van der Waals surface area contributed by atoms with E-state index in [0.717, 1.165) is 21.9 Å². The van der Waals surface area contributed by atoms with Gasteiger partial charge in [-0.05, 0) is 58.2 Å². The normalized spacial score (nSPS) is 13.4. The maximum atomic E-state index is 12.3. The molecule has 2 rings (SSSR count). The first-order valence-corrected chi connectivity index (χ1v) is 8.68. The van der Waals surface area contributed by atoms with Crippen LogP contribution in [0.25, 0.3) is 0 Å². The van der Waals surface area contributed by atoms with Gasteiger partial charge in [-0.3, -0.25) is 4.79 Å². The second-order valence-corrected chi connectivity index (χ2v) is 6.28. The minimum atomic E-state index is -0.585. The Hall–Kier alpha value is -1.95. The van der Waals surface area contributed by atoms with Gasteiger partial charge in [-0.25, -0.2) is 0 Å². The highest BCUT2D eigenvalue weighted by molar-refractivity contribution is 7.98. The largest absolute Gasteiger partial charge is 0.481 e. The lowest BCUT2D eigenvalue weighted by atomic mass is 10.1. The van der Waals surface area contributed by atoms with Crippen LogP contribution in [-0.2, 0) is 4.79 Å². The minimum Gasteiger partial charge on any atom is -0.481 e. The van der Waals surface area contributed by atoms with Gasteiger partial charge in [0.05, 0.1) is 11.7 Å². The summed E-state index contributed by atoms with van der Waals surface area (Å²) in [7, 11) is 0. The molecule has 1 N–H and O–H groups in total. The van der Waals surface area contributed by atoms with Crippen molar-refractivity contribution in [2.24, 2.45) is 0 Å². The van der Waals surface area contributed by atoms with Crippen molar-refractivity contribution in [1.29, 1.82) is 0 Å². The Morgan fingerprint density at radius 3 is 2.43 bits per heavy atom. The predicted octanol–water partition coefficient (Wildman–Crippen LogP) is 3.66. The summed E-state index contributed by atoms with van der Waals surface area (Å²) in [5.74, 6) is 1.22. The van der Waals surface area contributed by atoms with Gasteiger partial charge in [0.1, 0.15) is 11.5 Å². The Kier molecular flexibility index (Phi) is 5.71. The Balaban J connectivity index is 1.96. The molecule has 0 fully saturated rings. The molecule has 124 valence electrons. The molecule has 1 heterocycles. The number of hydrogen-bond donors (Lipinski definition) is 1. The van der Waals surface area contributed by atoms with Crippen molar-refractivity contribution < 1.29 is 14.1 Å². The summed E-state index contributed by atoms with van der Waals surface area (Å²) < 4.78 is 10.8. The van der Waals surface area contributed by atoms with E-state index in [-0.39, 0.29) is 11.9 Å². The molecular formula is C17H22N2O3S. The van der Waals surface area contributed by atoms with Crippen molar-refractivity contribution in [2.45, 2.75) is 44.7 Å². The van der Waals surface area contributed by atoms with E-state index in [1.807, 2.05) is 51.3 Å².